The van der Waals surface area contributed by atoms with Gasteiger partial charge in [-0.2, -0.15) is 0 Å². The van der Waals surface area contributed by atoms with E-state index >= 15 is 0 Å². The summed E-state index contributed by atoms with van der Waals surface area (Å²) in [5.74, 6) is 0.0961. The van der Waals surface area contributed by atoms with E-state index in [0.29, 0.717) is 57.6 Å². The number of aryl methyl sites for hydroxylation is 3. The lowest BCUT2D eigenvalue weighted by Crippen LogP contribution is -2.53. The molecule has 2 amide bonds. The highest BCUT2D eigenvalue weighted by atomic mass is 32.1. The third kappa shape index (κ3) is 6.17. The SMILES string of the molecule is Cc1cc(C)c(-c2csc(NC(=O)CN3CCN(C(=O)CN4CCOCC4)CC3)n2)cc1C. The van der Waals surface area contributed by atoms with Crippen molar-refractivity contribution in [2.24, 2.45) is 0 Å². The molecule has 8 nitrogen and oxygen atoms in total. The predicted molar refractivity (Wildman–Crippen MR) is 131 cm³/mol. The first kappa shape index (κ1) is 23.8. The van der Waals surface area contributed by atoms with E-state index in [1.807, 2.05) is 10.3 Å². The largest absolute Gasteiger partial charge is 0.379 e. The normalized spacial score (nSPS) is 17.8. The molecule has 0 radical (unpaired) electrons. The molecular formula is C24H33N5O3S. The Labute approximate surface area is 199 Å². The van der Waals surface area contributed by atoms with E-state index in [0.717, 1.165) is 24.3 Å². The number of nitrogens with one attached hydrogen (secondary N) is 1. The third-order valence-electron chi connectivity index (χ3n) is 6.42. The Balaban J connectivity index is 1.24. The lowest BCUT2D eigenvalue weighted by molar-refractivity contribution is -0.135. The molecule has 3 heterocycles. The van der Waals surface area contributed by atoms with Crippen molar-refractivity contribution in [1.29, 1.82) is 0 Å². The van der Waals surface area contributed by atoms with Crippen LogP contribution in [0.3, 0.4) is 0 Å². The molecule has 1 aromatic carbocycles. The van der Waals surface area contributed by atoms with Gasteiger partial charge in [0.25, 0.3) is 0 Å². The highest BCUT2D eigenvalue weighted by Gasteiger charge is 2.24. The van der Waals surface area contributed by atoms with Crippen molar-refractivity contribution in [3.63, 3.8) is 0 Å². The van der Waals surface area contributed by atoms with Crippen molar-refractivity contribution in [2.45, 2.75) is 20.8 Å². The van der Waals surface area contributed by atoms with Crippen LogP contribution in [0.5, 0.6) is 0 Å². The maximum Gasteiger partial charge on any atom is 0.240 e. The summed E-state index contributed by atoms with van der Waals surface area (Å²) in [5.41, 5.74) is 5.68. The first-order valence-corrected chi connectivity index (χ1v) is 12.4. The molecule has 1 aromatic heterocycles. The summed E-state index contributed by atoms with van der Waals surface area (Å²) in [7, 11) is 0. The molecule has 1 N–H and O–H groups in total. The first-order valence-electron chi connectivity index (χ1n) is 11.5. The standard InChI is InChI=1S/C24H33N5O3S/c1-17-12-19(3)20(13-18(17)2)21-16-33-24(25-21)26-22(30)14-27-4-6-29(7-5-27)23(31)15-28-8-10-32-11-9-28/h12-13,16H,4-11,14-15H2,1-3H3,(H,25,26,30). The van der Waals surface area contributed by atoms with Crippen molar-refractivity contribution in [2.75, 3.05) is 70.9 Å². The van der Waals surface area contributed by atoms with Crippen LogP contribution >= 0.6 is 11.3 Å². The summed E-state index contributed by atoms with van der Waals surface area (Å²) in [6.07, 6.45) is 0. The van der Waals surface area contributed by atoms with Crippen molar-refractivity contribution in [3.8, 4) is 11.3 Å². The fourth-order valence-corrected chi connectivity index (χ4v) is 4.99. The van der Waals surface area contributed by atoms with E-state index in [1.54, 1.807) is 0 Å². The molecule has 33 heavy (non-hydrogen) atoms. The second-order valence-corrected chi connectivity index (χ2v) is 9.74. The first-order chi connectivity index (χ1) is 15.9. The minimum Gasteiger partial charge on any atom is -0.379 e. The number of ether oxygens (including phenoxy) is 1. The topological polar surface area (TPSA) is 78.0 Å². The number of hydrogen-bond donors (Lipinski definition) is 1. The number of carbonyl (C=O) groups is 2. The Morgan fingerprint density at radius 2 is 1.61 bits per heavy atom. The monoisotopic (exact) mass is 471 g/mol. The summed E-state index contributed by atoms with van der Waals surface area (Å²) >= 11 is 1.45. The molecule has 2 aromatic rings. The fourth-order valence-electron chi connectivity index (χ4n) is 4.26. The second kappa shape index (κ2) is 10.7. The van der Waals surface area contributed by atoms with Crippen LogP contribution in [-0.2, 0) is 14.3 Å². The van der Waals surface area contributed by atoms with Gasteiger partial charge in [0.05, 0.1) is 32.0 Å². The summed E-state index contributed by atoms with van der Waals surface area (Å²) < 4.78 is 5.34. The average Bonchev–Trinajstić information content (AvgIpc) is 3.25. The number of morpholine rings is 1. The summed E-state index contributed by atoms with van der Waals surface area (Å²) in [6, 6.07) is 4.33. The molecule has 0 bridgehead atoms. The van der Waals surface area contributed by atoms with Crippen molar-refractivity contribution >= 4 is 28.3 Å². The van der Waals surface area contributed by atoms with Crippen molar-refractivity contribution in [1.82, 2.24) is 19.7 Å². The van der Waals surface area contributed by atoms with E-state index in [2.05, 4.69) is 53.0 Å². The zero-order valence-electron chi connectivity index (χ0n) is 19.7. The molecule has 2 aliphatic rings. The van der Waals surface area contributed by atoms with E-state index in [9.17, 15) is 9.59 Å². The number of rotatable bonds is 6. The van der Waals surface area contributed by atoms with Crippen LogP contribution in [0.4, 0.5) is 5.13 Å². The van der Waals surface area contributed by atoms with Gasteiger partial charge < -0.3 is 15.0 Å². The molecule has 0 spiro atoms. The van der Waals surface area contributed by atoms with E-state index < -0.39 is 0 Å². The number of carbonyl (C=O) groups excluding carboxylic acids is 2. The van der Waals surface area contributed by atoms with E-state index in [1.165, 1.54) is 28.0 Å². The minimum absolute atomic E-state index is 0.0687. The van der Waals surface area contributed by atoms with Gasteiger partial charge in [0, 0.05) is 50.2 Å². The molecule has 2 aliphatic heterocycles. The Bertz CT molecular complexity index is 994. The smallest absolute Gasteiger partial charge is 0.240 e. The van der Waals surface area contributed by atoms with Crippen molar-refractivity contribution < 1.29 is 14.3 Å². The number of nitrogens with zero attached hydrogens (tertiary/aromatic N) is 4. The van der Waals surface area contributed by atoms with Crippen LogP contribution in [0.2, 0.25) is 0 Å². The Morgan fingerprint density at radius 1 is 0.939 bits per heavy atom. The third-order valence-corrected chi connectivity index (χ3v) is 7.18. The number of thiazole rings is 1. The lowest BCUT2D eigenvalue weighted by atomic mass is 9.99. The Kier molecular flexibility index (Phi) is 7.75. The van der Waals surface area contributed by atoms with Crippen LogP contribution in [0.25, 0.3) is 11.3 Å². The fraction of sp³-hybridized carbons (Fsp3) is 0.542. The van der Waals surface area contributed by atoms with Gasteiger partial charge in [-0.25, -0.2) is 4.98 Å². The van der Waals surface area contributed by atoms with Gasteiger partial charge in [-0.3, -0.25) is 19.4 Å². The van der Waals surface area contributed by atoms with Crippen LogP contribution in [-0.4, -0.2) is 97.1 Å². The molecule has 2 saturated heterocycles. The van der Waals surface area contributed by atoms with E-state index in [4.69, 9.17) is 4.74 Å². The van der Waals surface area contributed by atoms with Crippen LogP contribution < -0.4 is 5.32 Å². The summed E-state index contributed by atoms with van der Waals surface area (Å²) in [4.78, 5) is 35.9. The molecule has 0 atom stereocenters. The number of amides is 2. The summed E-state index contributed by atoms with van der Waals surface area (Å²) in [5, 5.41) is 5.55. The molecule has 0 saturated carbocycles. The number of benzene rings is 1. The van der Waals surface area contributed by atoms with Gasteiger partial charge in [-0.15, -0.1) is 11.3 Å². The van der Waals surface area contributed by atoms with Gasteiger partial charge in [0.2, 0.25) is 11.8 Å². The molecule has 2 fully saturated rings. The van der Waals surface area contributed by atoms with Gasteiger partial charge in [-0.1, -0.05) is 6.07 Å². The Morgan fingerprint density at radius 3 is 2.33 bits per heavy atom. The van der Waals surface area contributed by atoms with Gasteiger partial charge >= 0.3 is 0 Å². The van der Waals surface area contributed by atoms with Crippen LogP contribution in [0, 0.1) is 20.8 Å². The average molecular weight is 472 g/mol. The quantitative estimate of drug-likeness (QED) is 0.696. The number of aromatic nitrogens is 1. The number of piperazine rings is 1. The molecule has 178 valence electrons. The zero-order valence-corrected chi connectivity index (χ0v) is 20.5. The zero-order chi connectivity index (χ0) is 23.4. The summed E-state index contributed by atoms with van der Waals surface area (Å²) in [6.45, 7) is 12.8. The molecule has 9 heteroatoms. The maximum absolute atomic E-state index is 12.6. The number of anilines is 1. The van der Waals surface area contributed by atoms with Gasteiger partial charge in [0.1, 0.15) is 0 Å². The molecule has 0 aliphatic carbocycles. The highest BCUT2D eigenvalue weighted by molar-refractivity contribution is 7.14. The van der Waals surface area contributed by atoms with Gasteiger partial charge in [0.15, 0.2) is 5.13 Å². The molecule has 0 unspecified atom stereocenters. The van der Waals surface area contributed by atoms with Crippen LogP contribution in [0.1, 0.15) is 16.7 Å². The Hall–Kier alpha value is -2.33. The minimum atomic E-state index is -0.0687. The second-order valence-electron chi connectivity index (χ2n) is 8.88. The highest BCUT2D eigenvalue weighted by Crippen LogP contribution is 2.29. The molecule has 4 rings (SSSR count). The van der Waals surface area contributed by atoms with E-state index in [-0.39, 0.29) is 11.8 Å². The van der Waals surface area contributed by atoms with Crippen molar-refractivity contribution in [3.05, 3.63) is 34.2 Å². The molecular weight excluding hydrogens is 438 g/mol. The van der Waals surface area contributed by atoms with Gasteiger partial charge in [-0.05, 0) is 43.5 Å². The predicted octanol–water partition coefficient (Wildman–Crippen LogP) is 2.15. The van der Waals surface area contributed by atoms with Crippen LogP contribution in [0.15, 0.2) is 17.5 Å². The lowest BCUT2D eigenvalue weighted by Gasteiger charge is -2.36. The number of hydrogen-bond acceptors (Lipinski definition) is 7. The maximum atomic E-state index is 12.6.